The molecular formula is C10H13BrFNO. The van der Waals surface area contributed by atoms with Gasteiger partial charge in [-0.1, -0.05) is 28.9 Å². The van der Waals surface area contributed by atoms with Gasteiger partial charge in [0.1, 0.15) is 5.82 Å². The minimum atomic E-state index is -0.719. The highest BCUT2D eigenvalue weighted by atomic mass is 79.9. The van der Waals surface area contributed by atoms with Crippen LogP contribution in [0.5, 0.6) is 0 Å². The molecule has 2 nitrogen and oxygen atoms in total. The monoisotopic (exact) mass is 261 g/mol. The van der Waals surface area contributed by atoms with Crippen LogP contribution in [0.1, 0.15) is 24.9 Å². The molecule has 3 N–H and O–H groups in total. The van der Waals surface area contributed by atoms with Crippen LogP contribution in [0, 0.1) is 5.82 Å². The summed E-state index contributed by atoms with van der Waals surface area (Å²) >= 11 is 3.21. The van der Waals surface area contributed by atoms with Crippen molar-refractivity contribution >= 4 is 15.9 Å². The van der Waals surface area contributed by atoms with E-state index in [1.54, 1.807) is 19.1 Å². The molecule has 0 fully saturated rings. The van der Waals surface area contributed by atoms with Crippen LogP contribution in [0.4, 0.5) is 4.39 Å². The summed E-state index contributed by atoms with van der Waals surface area (Å²) < 4.78 is 14.0. The topological polar surface area (TPSA) is 46.2 Å². The first-order valence-corrected chi connectivity index (χ1v) is 5.24. The van der Waals surface area contributed by atoms with E-state index in [2.05, 4.69) is 15.9 Å². The molecule has 0 unspecified atom stereocenters. The third kappa shape index (κ3) is 2.32. The van der Waals surface area contributed by atoms with Gasteiger partial charge in [-0.15, -0.1) is 0 Å². The van der Waals surface area contributed by atoms with Crippen molar-refractivity contribution in [1.82, 2.24) is 0 Å². The van der Waals surface area contributed by atoms with Crippen molar-refractivity contribution in [2.24, 2.45) is 5.73 Å². The number of hydrogen-bond donors (Lipinski definition) is 2. The molecule has 0 radical (unpaired) electrons. The molecule has 0 aliphatic heterocycles. The highest BCUT2D eigenvalue weighted by molar-refractivity contribution is 9.10. The quantitative estimate of drug-likeness (QED) is 0.878. The average Bonchev–Trinajstić information content (AvgIpc) is 2.16. The van der Waals surface area contributed by atoms with Gasteiger partial charge >= 0.3 is 0 Å². The van der Waals surface area contributed by atoms with E-state index in [1.807, 2.05) is 0 Å². The van der Waals surface area contributed by atoms with E-state index >= 15 is 0 Å². The van der Waals surface area contributed by atoms with E-state index < -0.39 is 12.1 Å². The third-order valence-electron chi connectivity index (χ3n) is 2.17. The molecule has 4 heteroatoms. The second-order valence-corrected chi connectivity index (χ2v) is 3.99. The Balaban J connectivity index is 3.05. The van der Waals surface area contributed by atoms with E-state index in [9.17, 15) is 9.50 Å². The lowest BCUT2D eigenvalue weighted by atomic mass is 10.0. The number of nitrogens with two attached hydrogens (primary N) is 1. The lowest BCUT2D eigenvalue weighted by Crippen LogP contribution is -2.26. The molecule has 0 amide bonds. The van der Waals surface area contributed by atoms with Crippen LogP contribution in [0.15, 0.2) is 22.7 Å². The minimum Gasteiger partial charge on any atom is -0.391 e. The normalized spacial score (nSPS) is 15.2. The van der Waals surface area contributed by atoms with Crippen LogP contribution >= 0.6 is 15.9 Å². The summed E-state index contributed by atoms with van der Waals surface area (Å²) in [7, 11) is 0. The van der Waals surface area contributed by atoms with Crippen molar-refractivity contribution in [2.75, 3.05) is 0 Å². The molecule has 1 aromatic rings. The number of aliphatic hydroxyl groups is 1. The number of aliphatic hydroxyl groups excluding tert-OH is 1. The highest BCUT2D eigenvalue weighted by Crippen LogP contribution is 2.27. The summed E-state index contributed by atoms with van der Waals surface area (Å²) in [5.41, 5.74) is 6.07. The van der Waals surface area contributed by atoms with Gasteiger partial charge in [0.05, 0.1) is 12.1 Å². The zero-order valence-electron chi connectivity index (χ0n) is 7.87. The van der Waals surface area contributed by atoms with Crippen molar-refractivity contribution in [3.8, 4) is 0 Å². The molecule has 0 aliphatic carbocycles. The van der Waals surface area contributed by atoms with Gasteiger partial charge < -0.3 is 10.8 Å². The van der Waals surface area contributed by atoms with Crippen LogP contribution in [-0.4, -0.2) is 11.2 Å². The Morgan fingerprint density at radius 1 is 1.57 bits per heavy atom. The molecule has 0 saturated heterocycles. The van der Waals surface area contributed by atoms with Crippen molar-refractivity contribution in [3.63, 3.8) is 0 Å². The summed E-state index contributed by atoms with van der Waals surface area (Å²) in [5.74, 6) is -0.389. The van der Waals surface area contributed by atoms with Crippen molar-refractivity contribution < 1.29 is 9.50 Å². The second-order valence-electron chi connectivity index (χ2n) is 3.14. The fourth-order valence-electron chi connectivity index (χ4n) is 1.28. The Hall–Kier alpha value is -0.450. The third-order valence-corrected chi connectivity index (χ3v) is 2.86. The van der Waals surface area contributed by atoms with Gasteiger partial charge in [-0.25, -0.2) is 4.39 Å². The van der Waals surface area contributed by atoms with Gasteiger partial charge in [0.2, 0.25) is 0 Å². The molecule has 2 atom stereocenters. The van der Waals surface area contributed by atoms with Gasteiger partial charge in [0.25, 0.3) is 0 Å². The number of benzene rings is 1. The van der Waals surface area contributed by atoms with Crippen LogP contribution in [0.25, 0.3) is 0 Å². The zero-order chi connectivity index (χ0) is 10.7. The first kappa shape index (κ1) is 11.6. The van der Waals surface area contributed by atoms with Crippen molar-refractivity contribution in [3.05, 3.63) is 34.1 Å². The molecule has 0 saturated carbocycles. The maximum Gasteiger partial charge on any atom is 0.129 e. The molecule has 0 spiro atoms. The Kier molecular flexibility index (Phi) is 4.04. The Labute approximate surface area is 91.1 Å². The fraction of sp³-hybridized carbons (Fsp3) is 0.400. The lowest BCUT2D eigenvalue weighted by molar-refractivity contribution is 0.139. The first-order chi connectivity index (χ1) is 6.57. The summed E-state index contributed by atoms with van der Waals surface area (Å²) in [4.78, 5) is 0. The largest absolute Gasteiger partial charge is 0.391 e. The molecule has 1 aromatic carbocycles. The first-order valence-electron chi connectivity index (χ1n) is 4.45. The van der Waals surface area contributed by atoms with Crippen LogP contribution in [-0.2, 0) is 0 Å². The Bertz CT molecular complexity index is 299. The maximum absolute atomic E-state index is 13.4. The van der Waals surface area contributed by atoms with E-state index in [0.717, 1.165) is 0 Å². The van der Waals surface area contributed by atoms with E-state index in [-0.39, 0.29) is 5.82 Å². The molecule has 78 valence electrons. The van der Waals surface area contributed by atoms with Crippen LogP contribution in [0.3, 0.4) is 0 Å². The zero-order valence-corrected chi connectivity index (χ0v) is 9.46. The SMILES string of the molecule is CC[C@@H](O)[C@@H](N)c1c(F)cccc1Br. The van der Waals surface area contributed by atoms with Crippen LogP contribution < -0.4 is 5.73 Å². The van der Waals surface area contributed by atoms with Gasteiger partial charge in [0, 0.05) is 10.0 Å². The van der Waals surface area contributed by atoms with E-state index in [1.165, 1.54) is 6.07 Å². The number of rotatable bonds is 3. The standard InChI is InChI=1S/C10H13BrFNO/c1-2-8(14)10(13)9-6(11)4-3-5-7(9)12/h3-5,8,10,14H,2,13H2,1H3/t8-,10-/m1/s1. The van der Waals surface area contributed by atoms with Crippen molar-refractivity contribution in [1.29, 1.82) is 0 Å². The number of halogens is 2. The molecular weight excluding hydrogens is 249 g/mol. The average molecular weight is 262 g/mol. The summed E-state index contributed by atoms with van der Waals surface area (Å²) in [5, 5.41) is 9.52. The smallest absolute Gasteiger partial charge is 0.129 e. The number of hydrogen-bond acceptors (Lipinski definition) is 2. The predicted octanol–water partition coefficient (Wildman–Crippen LogP) is 2.36. The van der Waals surface area contributed by atoms with Gasteiger partial charge in [-0.2, -0.15) is 0 Å². The molecule has 0 aliphatic rings. The summed E-state index contributed by atoms with van der Waals surface area (Å²) in [6, 6.07) is 3.95. The van der Waals surface area contributed by atoms with Gasteiger partial charge in [0.15, 0.2) is 0 Å². The predicted molar refractivity (Wildman–Crippen MR) is 57.3 cm³/mol. The maximum atomic E-state index is 13.4. The van der Waals surface area contributed by atoms with Crippen molar-refractivity contribution in [2.45, 2.75) is 25.5 Å². The molecule has 0 heterocycles. The fourth-order valence-corrected chi connectivity index (χ4v) is 1.88. The van der Waals surface area contributed by atoms with E-state index in [0.29, 0.717) is 16.5 Å². The minimum absolute atomic E-state index is 0.335. The van der Waals surface area contributed by atoms with Gasteiger partial charge in [-0.05, 0) is 18.6 Å². The van der Waals surface area contributed by atoms with Gasteiger partial charge in [-0.3, -0.25) is 0 Å². The lowest BCUT2D eigenvalue weighted by Gasteiger charge is -2.19. The molecule has 0 bridgehead atoms. The molecule has 14 heavy (non-hydrogen) atoms. The molecule has 1 rings (SSSR count). The molecule has 0 aromatic heterocycles. The summed E-state index contributed by atoms with van der Waals surface area (Å²) in [6.07, 6.45) is -0.217. The highest BCUT2D eigenvalue weighted by Gasteiger charge is 2.20. The Morgan fingerprint density at radius 3 is 2.71 bits per heavy atom. The van der Waals surface area contributed by atoms with Crippen LogP contribution in [0.2, 0.25) is 0 Å². The summed E-state index contributed by atoms with van der Waals surface area (Å²) in [6.45, 7) is 1.80. The van der Waals surface area contributed by atoms with E-state index in [4.69, 9.17) is 5.73 Å². The second kappa shape index (κ2) is 4.87. The Morgan fingerprint density at radius 2 is 2.21 bits per heavy atom.